The van der Waals surface area contributed by atoms with E-state index in [9.17, 15) is 4.79 Å². The Bertz CT molecular complexity index is 561. The van der Waals surface area contributed by atoms with Gasteiger partial charge in [0.15, 0.2) is 0 Å². The van der Waals surface area contributed by atoms with Crippen molar-refractivity contribution in [1.29, 1.82) is 0 Å². The van der Waals surface area contributed by atoms with Crippen molar-refractivity contribution in [1.82, 2.24) is 14.9 Å². The van der Waals surface area contributed by atoms with Gasteiger partial charge >= 0.3 is 0 Å². The highest BCUT2D eigenvalue weighted by atomic mass is 16.1. The normalized spacial score (nSPS) is 10.5. The van der Waals surface area contributed by atoms with Crippen molar-refractivity contribution >= 4 is 11.6 Å². The highest BCUT2D eigenvalue weighted by molar-refractivity contribution is 5.94. The highest BCUT2D eigenvalue weighted by Gasteiger charge is 2.04. The molecule has 2 aromatic rings. The van der Waals surface area contributed by atoms with E-state index in [-0.39, 0.29) is 5.91 Å². The van der Waals surface area contributed by atoms with Crippen LogP contribution in [0.1, 0.15) is 29.6 Å². The first kappa shape index (κ1) is 16.1. The standard InChI is InChI=1S/C17H24N4O/c1-20(2)16-8-6-15(7-9-16)17(22)19-10-4-3-5-12-21-13-11-18-14-21/h6-9,11,13-14H,3-5,10,12H2,1-2H3,(H,19,22). The predicted molar refractivity (Wildman–Crippen MR) is 89.2 cm³/mol. The molecule has 22 heavy (non-hydrogen) atoms. The van der Waals surface area contributed by atoms with Crippen molar-refractivity contribution in [3.8, 4) is 0 Å². The van der Waals surface area contributed by atoms with Crippen LogP contribution < -0.4 is 10.2 Å². The summed E-state index contributed by atoms with van der Waals surface area (Å²) in [6.45, 7) is 1.71. The number of nitrogens with zero attached hydrogens (tertiary/aromatic N) is 3. The van der Waals surface area contributed by atoms with Crippen LogP contribution in [0.25, 0.3) is 0 Å². The lowest BCUT2D eigenvalue weighted by Crippen LogP contribution is -2.24. The third-order valence-corrected chi connectivity index (χ3v) is 3.58. The van der Waals surface area contributed by atoms with Crippen LogP contribution >= 0.6 is 0 Å². The lowest BCUT2D eigenvalue weighted by Gasteiger charge is -2.12. The SMILES string of the molecule is CN(C)c1ccc(C(=O)NCCCCCn2ccnc2)cc1. The second kappa shape index (κ2) is 8.22. The van der Waals surface area contributed by atoms with Gasteiger partial charge in [-0.3, -0.25) is 4.79 Å². The van der Waals surface area contributed by atoms with Crippen LogP contribution in [-0.2, 0) is 6.54 Å². The van der Waals surface area contributed by atoms with Crippen LogP contribution in [0.2, 0.25) is 0 Å². The first-order valence-corrected chi connectivity index (χ1v) is 7.68. The number of carbonyl (C=O) groups excluding carboxylic acids is 1. The Morgan fingerprint density at radius 2 is 1.95 bits per heavy atom. The molecule has 0 atom stereocenters. The second-order valence-electron chi connectivity index (χ2n) is 5.56. The maximum Gasteiger partial charge on any atom is 0.251 e. The zero-order valence-corrected chi connectivity index (χ0v) is 13.3. The van der Waals surface area contributed by atoms with Crippen LogP contribution in [0.3, 0.4) is 0 Å². The molecule has 0 fully saturated rings. The van der Waals surface area contributed by atoms with E-state index in [1.165, 1.54) is 0 Å². The van der Waals surface area contributed by atoms with Gasteiger partial charge in [-0.15, -0.1) is 0 Å². The average Bonchev–Trinajstić information content (AvgIpc) is 3.04. The number of anilines is 1. The molecule has 0 aliphatic carbocycles. The third-order valence-electron chi connectivity index (χ3n) is 3.58. The maximum absolute atomic E-state index is 12.0. The van der Waals surface area contributed by atoms with Gasteiger partial charge in [0.2, 0.25) is 0 Å². The summed E-state index contributed by atoms with van der Waals surface area (Å²) in [4.78, 5) is 18.0. The van der Waals surface area contributed by atoms with Crippen LogP contribution in [0.15, 0.2) is 43.0 Å². The van der Waals surface area contributed by atoms with Gasteiger partial charge in [-0.05, 0) is 43.5 Å². The molecule has 0 bridgehead atoms. The molecule has 5 nitrogen and oxygen atoms in total. The van der Waals surface area contributed by atoms with Gasteiger partial charge in [0.1, 0.15) is 0 Å². The summed E-state index contributed by atoms with van der Waals surface area (Å²) in [6, 6.07) is 7.65. The third kappa shape index (κ3) is 4.91. The number of imidazole rings is 1. The zero-order valence-electron chi connectivity index (χ0n) is 13.3. The molecule has 118 valence electrons. The van der Waals surface area contributed by atoms with E-state index in [2.05, 4.69) is 14.9 Å². The zero-order chi connectivity index (χ0) is 15.8. The van der Waals surface area contributed by atoms with Crippen molar-refractivity contribution in [2.75, 3.05) is 25.5 Å². The van der Waals surface area contributed by atoms with Crippen molar-refractivity contribution in [3.05, 3.63) is 48.5 Å². The van der Waals surface area contributed by atoms with E-state index in [0.717, 1.165) is 38.0 Å². The van der Waals surface area contributed by atoms with Crippen molar-refractivity contribution in [2.45, 2.75) is 25.8 Å². The molecule has 0 radical (unpaired) electrons. The smallest absolute Gasteiger partial charge is 0.251 e. The molecule has 1 aromatic heterocycles. The van der Waals surface area contributed by atoms with Crippen molar-refractivity contribution < 1.29 is 4.79 Å². The van der Waals surface area contributed by atoms with Crippen molar-refractivity contribution in [3.63, 3.8) is 0 Å². The van der Waals surface area contributed by atoms with E-state index >= 15 is 0 Å². The summed E-state index contributed by atoms with van der Waals surface area (Å²) in [5, 5.41) is 2.97. The number of amides is 1. The minimum atomic E-state index is -0.0000781. The molecule has 0 aliphatic heterocycles. The van der Waals surface area contributed by atoms with Crippen LogP contribution in [0.5, 0.6) is 0 Å². The number of aromatic nitrogens is 2. The van der Waals surface area contributed by atoms with E-state index < -0.39 is 0 Å². The number of carbonyl (C=O) groups is 1. The Hall–Kier alpha value is -2.30. The summed E-state index contributed by atoms with van der Waals surface area (Å²) in [6.07, 6.45) is 8.79. The quantitative estimate of drug-likeness (QED) is 0.762. The van der Waals surface area contributed by atoms with Gasteiger partial charge in [-0.25, -0.2) is 4.98 Å². The minimum absolute atomic E-state index is 0.0000781. The van der Waals surface area contributed by atoms with E-state index in [1.807, 2.05) is 55.8 Å². The Kier molecular flexibility index (Phi) is 6.01. The lowest BCUT2D eigenvalue weighted by molar-refractivity contribution is 0.0953. The van der Waals surface area contributed by atoms with Gasteiger partial charge in [-0.2, -0.15) is 0 Å². The molecule has 0 saturated heterocycles. The number of nitrogens with one attached hydrogen (secondary N) is 1. The molecular weight excluding hydrogens is 276 g/mol. The number of benzene rings is 1. The molecule has 1 N–H and O–H groups in total. The van der Waals surface area contributed by atoms with Gasteiger partial charge in [0.25, 0.3) is 5.91 Å². The molecule has 1 heterocycles. The Morgan fingerprint density at radius 3 is 2.59 bits per heavy atom. The predicted octanol–water partition coefficient (Wildman–Crippen LogP) is 2.55. The minimum Gasteiger partial charge on any atom is -0.378 e. The van der Waals surface area contributed by atoms with Gasteiger partial charge in [0.05, 0.1) is 6.33 Å². The molecule has 0 aliphatic rings. The highest BCUT2D eigenvalue weighted by Crippen LogP contribution is 2.12. The van der Waals surface area contributed by atoms with E-state index in [0.29, 0.717) is 5.56 Å². The Balaban J connectivity index is 1.63. The van der Waals surface area contributed by atoms with E-state index in [1.54, 1.807) is 6.20 Å². The molecule has 5 heteroatoms. The molecule has 0 spiro atoms. The number of hydrogen-bond donors (Lipinski definition) is 1. The fourth-order valence-electron chi connectivity index (χ4n) is 2.23. The summed E-state index contributed by atoms with van der Waals surface area (Å²) >= 11 is 0. The molecular formula is C17H24N4O. The first-order chi connectivity index (χ1) is 10.7. The first-order valence-electron chi connectivity index (χ1n) is 7.68. The number of rotatable bonds is 8. The Morgan fingerprint density at radius 1 is 1.18 bits per heavy atom. The molecule has 1 amide bonds. The Labute approximate surface area is 132 Å². The number of hydrogen-bond acceptors (Lipinski definition) is 3. The number of unbranched alkanes of at least 4 members (excludes halogenated alkanes) is 2. The second-order valence-corrected chi connectivity index (χ2v) is 5.56. The lowest BCUT2D eigenvalue weighted by atomic mass is 10.2. The van der Waals surface area contributed by atoms with Crippen LogP contribution in [0.4, 0.5) is 5.69 Å². The average molecular weight is 300 g/mol. The summed E-state index contributed by atoms with van der Waals surface area (Å²) in [5.41, 5.74) is 1.81. The summed E-state index contributed by atoms with van der Waals surface area (Å²) in [5.74, 6) is -0.0000781. The molecule has 2 rings (SSSR count). The van der Waals surface area contributed by atoms with Gasteiger partial charge in [-0.1, -0.05) is 0 Å². The summed E-state index contributed by atoms with van der Waals surface area (Å²) < 4.78 is 2.07. The van der Waals surface area contributed by atoms with Crippen LogP contribution in [0, 0.1) is 0 Å². The summed E-state index contributed by atoms with van der Waals surface area (Å²) in [7, 11) is 3.97. The monoisotopic (exact) mass is 300 g/mol. The fraction of sp³-hybridized carbons (Fsp3) is 0.412. The van der Waals surface area contributed by atoms with E-state index in [4.69, 9.17) is 0 Å². The molecule has 1 aromatic carbocycles. The largest absolute Gasteiger partial charge is 0.378 e. The fourth-order valence-corrected chi connectivity index (χ4v) is 2.23. The van der Waals surface area contributed by atoms with Gasteiger partial charge in [0, 0.05) is 50.8 Å². The van der Waals surface area contributed by atoms with Crippen LogP contribution in [-0.4, -0.2) is 36.1 Å². The maximum atomic E-state index is 12.0. The van der Waals surface area contributed by atoms with Crippen molar-refractivity contribution in [2.24, 2.45) is 0 Å². The molecule has 0 unspecified atom stereocenters. The molecule has 0 saturated carbocycles. The number of aryl methyl sites for hydroxylation is 1. The topological polar surface area (TPSA) is 50.2 Å². The van der Waals surface area contributed by atoms with Gasteiger partial charge < -0.3 is 14.8 Å².